The number of benzene rings is 3. The zero-order valence-corrected chi connectivity index (χ0v) is 57.5. The Hall–Kier alpha value is -9.54. The van der Waals surface area contributed by atoms with Crippen molar-refractivity contribution in [3.63, 3.8) is 0 Å². The standard InChI is InChI=1S/C25H30N4O4S.C23H26N4O5.C23H26N4O4S/c1-15-9-20(33-28-15)22(25(2,3)4)24(32)29-13-18(30)10-19(29)23(31)27-11-16-5-7-17(8-6-16)21-12-26-14-34-21;1-3-18(20-8-14(2)26-32-20)23(30)27-12-17(28)9-19(27)22(29)25-10-15-4-6-16(7-5-15)21-11-24-13-31-21;1-3-18(20-8-14(2)26-31-20)23(30)27-12-17(28)9-19(27)22(29)25-10-15-4-6-16(7-5-15)21-11-24-13-32-21/h5-9,12,14,18-19,22,30H,10-11,13H2,1-4H3,(H,27,31);2*4-8,11,13,17-19,28H,3,9-10,12H2,1-2H3,(H,25,29)/t18-,19+,22-;2*17-,18-,19+/m111/s1. The molecule has 0 unspecified atom stereocenters. The second-order valence-electron chi connectivity index (χ2n) is 25.9. The molecular formula is C71H82N12O13S2. The fourth-order valence-electron chi connectivity index (χ4n) is 12.4. The highest BCUT2D eigenvalue weighted by Gasteiger charge is 2.47. The number of oxazole rings is 1. The van der Waals surface area contributed by atoms with Crippen LogP contribution in [0.2, 0.25) is 0 Å². The van der Waals surface area contributed by atoms with Gasteiger partial charge in [-0.05, 0) is 66.8 Å². The van der Waals surface area contributed by atoms with E-state index in [4.69, 9.17) is 18.0 Å². The van der Waals surface area contributed by atoms with Crippen LogP contribution in [0, 0.1) is 26.2 Å². The minimum absolute atomic E-state index is 0.111. The van der Waals surface area contributed by atoms with Gasteiger partial charge in [0.1, 0.15) is 41.3 Å². The quantitative estimate of drug-likeness (QED) is 0.0415. The normalized spacial score (nSPS) is 19.2. The summed E-state index contributed by atoms with van der Waals surface area (Å²) in [6.07, 6.45) is 6.06. The molecule has 6 amide bonds. The molecule has 3 aromatic carbocycles. The Kier molecular flexibility index (Phi) is 23.4. The summed E-state index contributed by atoms with van der Waals surface area (Å²) in [7, 11) is 0. The van der Waals surface area contributed by atoms with E-state index in [-0.39, 0.29) is 74.3 Å². The number of hydrogen-bond donors (Lipinski definition) is 6. The number of likely N-dealkylation sites (tertiary alicyclic amines) is 3. The first-order valence-electron chi connectivity index (χ1n) is 32.6. The molecule has 12 rings (SSSR count). The smallest absolute Gasteiger partial charge is 0.243 e. The first-order chi connectivity index (χ1) is 47.0. The number of thiazole rings is 2. The maximum absolute atomic E-state index is 13.6. The lowest BCUT2D eigenvalue weighted by atomic mass is 9.78. The van der Waals surface area contributed by atoms with Crippen molar-refractivity contribution in [3.8, 4) is 32.2 Å². The van der Waals surface area contributed by atoms with Gasteiger partial charge in [-0.15, -0.1) is 22.7 Å². The van der Waals surface area contributed by atoms with Gasteiger partial charge in [0, 0.05) is 94.7 Å². The maximum atomic E-state index is 13.6. The number of hydrogen-bond acceptors (Lipinski definition) is 21. The molecule has 0 aliphatic carbocycles. The molecule has 3 aliphatic heterocycles. The molecule has 98 heavy (non-hydrogen) atoms. The van der Waals surface area contributed by atoms with Crippen LogP contribution in [0.15, 0.2) is 145 Å². The van der Waals surface area contributed by atoms with Crippen molar-refractivity contribution in [3.05, 3.63) is 178 Å². The molecule has 9 atom stereocenters. The van der Waals surface area contributed by atoms with E-state index in [0.717, 1.165) is 43.1 Å². The fraction of sp³-hybridized carbons (Fsp3) is 0.408. The molecular weight excluding hydrogens is 1290 g/mol. The van der Waals surface area contributed by atoms with E-state index in [1.165, 1.54) is 21.1 Å². The number of amides is 6. The summed E-state index contributed by atoms with van der Waals surface area (Å²) in [6, 6.07) is 26.4. The number of rotatable bonds is 20. The molecule has 3 aliphatic rings. The number of nitrogens with zero attached hydrogens (tertiary/aromatic N) is 9. The molecule has 0 bridgehead atoms. The fourth-order valence-corrected chi connectivity index (χ4v) is 13.6. The maximum Gasteiger partial charge on any atom is 0.243 e. The van der Waals surface area contributed by atoms with Gasteiger partial charge in [-0.1, -0.05) is 123 Å². The number of aliphatic hydroxyl groups excluding tert-OH is 3. The lowest BCUT2D eigenvalue weighted by Crippen LogP contribution is -2.49. The highest BCUT2D eigenvalue weighted by Crippen LogP contribution is 2.39. The summed E-state index contributed by atoms with van der Waals surface area (Å²) in [5, 5.41) is 51.1. The summed E-state index contributed by atoms with van der Waals surface area (Å²) >= 11 is 3.14. The van der Waals surface area contributed by atoms with Crippen LogP contribution in [0.25, 0.3) is 32.2 Å². The highest BCUT2D eigenvalue weighted by atomic mass is 32.1. The number of β-amino-alcohol motifs (C(OH)–C–C–N with tert-alkyl or cyclic N) is 3. The summed E-state index contributed by atoms with van der Waals surface area (Å²) in [5.74, 6) is -1.15. The average molecular weight is 1380 g/mol. The molecule has 3 saturated heterocycles. The monoisotopic (exact) mass is 1370 g/mol. The van der Waals surface area contributed by atoms with Gasteiger partial charge >= 0.3 is 0 Å². The van der Waals surface area contributed by atoms with E-state index < -0.39 is 59.6 Å². The van der Waals surface area contributed by atoms with E-state index >= 15 is 0 Å². The Balaban J connectivity index is 0.000000159. The predicted octanol–water partition coefficient (Wildman–Crippen LogP) is 8.80. The third-order valence-corrected chi connectivity index (χ3v) is 19.1. The van der Waals surface area contributed by atoms with Gasteiger partial charge in [-0.25, -0.2) is 4.98 Å². The number of aliphatic hydroxyl groups is 3. The number of aryl methyl sites for hydroxylation is 3. The minimum atomic E-state index is -0.754. The zero-order valence-electron chi connectivity index (χ0n) is 55.9. The summed E-state index contributed by atoms with van der Waals surface area (Å²) < 4.78 is 21.3. The summed E-state index contributed by atoms with van der Waals surface area (Å²) in [4.78, 5) is 97.6. The van der Waals surface area contributed by atoms with Crippen molar-refractivity contribution in [2.75, 3.05) is 19.6 Å². The van der Waals surface area contributed by atoms with Crippen molar-refractivity contribution >= 4 is 58.1 Å². The number of carbonyl (C=O) groups is 6. The van der Waals surface area contributed by atoms with Crippen LogP contribution in [0.5, 0.6) is 0 Å². The van der Waals surface area contributed by atoms with Crippen LogP contribution >= 0.6 is 22.7 Å². The van der Waals surface area contributed by atoms with E-state index in [1.54, 1.807) is 78.9 Å². The van der Waals surface area contributed by atoms with Crippen molar-refractivity contribution in [1.29, 1.82) is 0 Å². The van der Waals surface area contributed by atoms with Crippen molar-refractivity contribution < 1.29 is 62.1 Å². The Morgan fingerprint density at radius 3 is 1.17 bits per heavy atom. The first kappa shape index (κ1) is 71.2. The molecule has 6 aromatic heterocycles. The van der Waals surface area contributed by atoms with E-state index in [9.17, 15) is 44.1 Å². The van der Waals surface area contributed by atoms with Crippen molar-refractivity contribution in [1.82, 2.24) is 61.1 Å². The molecule has 25 nitrogen and oxygen atoms in total. The molecule has 3 fully saturated rings. The Labute approximate surface area is 575 Å². The Bertz CT molecular complexity index is 3920. The topological polar surface area (TPSA) is 339 Å². The average Bonchev–Trinajstić information content (AvgIpc) is 1.57. The van der Waals surface area contributed by atoms with Gasteiger partial charge in [0.25, 0.3) is 0 Å². The van der Waals surface area contributed by atoms with Gasteiger partial charge in [0.15, 0.2) is 12.2 Å². The number of carbonyl (C=O) groups excluding carboxylic acids is 6. The highest BCUT2D eigenvalue weighted by molar-refractivity contribution is 7.13. The Morgan fingerprint density at radius 1 is 0.510 bits per heavy atom. The van der Waals surface area contributed by atoms with Crippen molar-refractivity contribution in [2.24, 2.45) is 5.41 Å². The van der Waals surface area contributed by atoms with Gasteiger partial charge in [-0.3, -0.25) is 38.7 Å². The third kappa shape index (κ3) is 17.6. The van der Waals surface area contributed by atoms with Crippen LogP contribution in [0.3, 0.4) is 0 Å². The molecule has 6 N–H and O–H groups in total. The SMILES string of the molecule is CC[C@@H](C(=O)N1C[C@H](O)C[C@H]1C(=O)NCc1ccc(-c2cnco2)cc1)c1cc(C)no1.CC[C@@H](C(=O)N1C[C@H](O)C[C@H]1C(=O)NCc1ccc(-c2cncs2)cc1)c1cc(C)no1.Cc1cc([C@H](C(=O)N2C[C@H](O)C[C@H]2C(=O)NCc2ccc(-c3cncs3)cc2)C(C)(C)C)on1. The van der Waals surface area contributed by atoms with E-state index in [2.05, 4.69) is 46.4 Å². The van der Waals surface area contributed by atoms with Crippen molar-refractivity contribution in [2.45, 2.75) is 161 Å². The van der Waals surface area contributed by atoms with Gasteiger partial charge in [0.2, 0.25) is 35.4 Å². The second-order valence-corrected chi connectivity index (χ2v) is 27.6. The summed E-state index contributed by atoms with van der Waals surface area (Å²) in [5.41, 5.74) is 11.0. The van der Waals surface area contributed by atoms with Gasteiger partial charge in [-0.2, -0.15) is 0 Å². The largest absolute Gasteiger partial charge is 0.444 e. The van der Waals surface area contributed by atoms with Gasteiger partial charge in [0.05, 0.1) is 74.2 Å². The molecule has 27 heteroatoms. The minimum Gasteiger partial charge on any atom is -0.444 e. The Morgan fingerprint density at radius 2 is 0.867 bits per heavy atom. The van der Waals surface area contributed by atoms with Crippen LogP contribution in [0.1, 0.15) is 136 Å². The third-order valence-electron chi connectivity index (χ3n) is 17.4. The molecule has 0 spiro atoms. The van der Waals surface area contributed by atoms with E-state index in [1.807, 2.05) is 120 Å². The number of nitrogens with one attached hydrogen (secondary N) is 3. The molecule has 9 heterocycles. The molecule has 0 saturated carbocycles. The number of aromatic nitrogens is 6. The van der Waals surface area contributed by atoms with Crippen LogP contribution in [-0.4, -0.2) is 152 Å². The van der Waals surface area contributed by atoms with Crippen LogP contribution in [0.4, 0.5) is 0 Å². The predicted molar refractivity (Wildman–Crippen MR) is 363 cm³/mol. The first-order valence-corrected chi connectivity index (χ1v) is 34.3. The van der Waals surface area contributed by atoms with E-state index in [0.29, 0.717) is 72.6 Å². The lowest BCUT2D eigenvalue weighted by molar-refractivity contribution is -0.142. The zero-order chi connectivity index (χ0) is 69.8. The molecule has 516 valence electrons. The van der Waals surface area contributed by atoms with Gasteiger partial charge < -0.3 is 64.0 Å². The summed E-state index contributed by atoms with van der Waals surface area (Å²) in [6.45, 7) is 16.3. The lowest BCUT2D eigenvalue weighted by Gasteiger charge is -2.33. The van der Waals surface area contributed by atoms with Crippen LogP contribution < -0.4 is 16.0 Å². The second kappa shape index (κ2) is 32.2. The molecule has 9 aromatic rings. The van der Waals surface area contributed by atoms with Crippen LogP contribution in [-0.2, 0) is 48.4 Å². The molecule has 0 radical (unpaired) electrons.